The summed E-state index contributed by atoms with van der Waals surface area (Å²) in [6.45, 7) is 4.88. The summed E-state index contributed by atoms with van der Waals surface area (Å²) in [4.78, 5) is 0. The summed E-state index contributed by atoms with van der Waals surface area (Å²) in [6, 6.07) is 6.47. The second-order valence-electron chi connectivity index (χ2n) is 3.83. The predicted molar refractivity (Wildman–Crippen MR) is 64.5 cm³/mol. The van der Waals surface area contributed by atoms with Gasteiger partial charge in [0.25, 0.3) is 0 Å². The van der Waals surface area contributed by atoms with Gasteiger partial charge in [0, 0.05) is 6.04 Å². The van der Waals surface area contributed by atoms with Crippen molar-refractivity contribution < 1.29 is 4.74 Å². The highest BCUT2D eigenvalue weighted by atomic mass is 16.5. The maximum absolute atomic E-state index is 5.51. The van der Waals surface area contributed by atoms with Crippen LogP contribution in [0.3, 0.4) is 0 Å². The van der Waals surface area contributed by atoms with E-state index in [9.17, 15) is 0 Å². The zero-order chi connectivity index (χ0) is 11.3. The summed E-state index contributed by atoms with van der Waals surface area (Å²) in [5.41, 5.74) is 7.77. The first-order chi connectivity index (χ1) is 7.17. The van der Waals surface area contributed by atoms with Crippen molar-refractivity contribution in [2.45, 2.75) is 26.3 Å². The molecule has 84 valence electrons. The molecule has 1 atom stereocenters. The lowest BCUT2D eigenvalue weighted by molar-refractivity contribution is 0.416. The molecule has 1 aromatic rings. The lowest BCUT2D eigenvalue weighted by atomic mass is 10.1. The highest BCUT2D eigenvalue weighted by Crippen LogP contribution is 2.25. The third kappa shape index (κ3) is 3.44. The minimum Gasteiger partial charge on any atom is -0.495 e. The quantitative estimate of drug-likeness (QED) is 0.779. The van der Waals surface area contributed by atoms with Gasteiger partial charge in [-0.2, -0.15) is 0 Å². The molecule has 0 aliphatic carbocycles. The fraction of sp³-hybridized carbons (Fsp3) is 0.500. The van der Waals surface area contributed by atoms with Crippen molar-refractivity contribution in [3.05, 3.63) is 23.8 Å². The first-order valence-electron chi connectivity index (χ1n) is 5.28. The molecule has 3 nitrogen and oxygen atoms in total. The fourth-order valence-electron chi connectivity index (χ4n) is 1.52. The van der Waals surface area contributed by atoms with Crippen molar-refractivity contribution in [1.29, 1.82) is 0 Å². The molecule has 0 heterocycles. The molecule has 0 saturated heterocycles. The smallest absolute Gasteiger partial charge is 0.141 e. The van der Waals surface area contributed by atoms with E-state index >= 15 is 0 Å². The minimum atomic E-state index is 0.366. The number of rotatable bonds is 5. The van der Waals surface area contributed by atoms with E-state index in [1.54, 1.807) is 7.11 Å². The van der Waals surface area contributed by atoms with Crippen molar-refractivity contribution in [3.63, 3.8) is 0 Å². The average molecular weight is 208 g/mol. The van der Waals surface area contributed by atoms with Gasteiger partial charge >= 0.3 is 0 Å². The van der Waals surface area contributed by atoms with Crippen molar-refractivity contribution in [1.82, 2.24) is 0 Å². The summed E-state index contributed by atoms with van der Waals surface area (Å²) in [5, 5.41) is 3.40. The van der Waals surface area contributed by atoms with Gasteiger partial charge in [0.05, 0.1) is 12.8 Å². The Labute approximate surface area is 91.6 Å². The Hall–Kier alpha value is -1.22. The second kappa shape index (κ2) is 5.61. The van der Waals surface area contributed by atoms with Crippen LogP contribution < -0.4 is 15.8 Å². The van der Waals surface area contributed by atoms with E-state index in [1.807, 2.05) is 12.1 Å². The molecule has 0 bridgehead atoms. The number of benzene rings is 1. The van der Waals surface area contributed by atoms with E-state index in [0.717, 1.165) is 17.9 Å². The SMILES string of the molecule is COc1ccc(C)cc1NC(C)CCN. The molecule has 1 aromatic carbocycles. The molecule has 3 N–H and O–H groups in total. The number of hydrogen-bond donors (Lipinski definition) is 2. The Morgan fingerprint density at radius 1 is 1.47 bits per heavy atom. The molecule has 0 aromatic heterocycles. The summed E-state index contributed by atoms with van der Waals surface area (Å²) >= 11 is 0. The molecule has 1 rings (SSSR count). The minimum absolute atomic E-state index is 0.366. The van der Waals surface area contributed by atoms with Crippen molar-refractivity contribution >= 4 is 5.69 Å². The monoisotopic (exact) mass is 208 g/mol. The molecule has 0 saturated carbocycles. The van der Waals surface area contributed by atoms with Gasteiger partial charge < -0.3 is 15.8 Å². The van der Waals surface area contributed by atoms with E-state index in [2.05, 4.69) is 25.2 Å². The van der Waals surface area contributed by atoms with Crippen LogP contribution in [0.5, 0.6) is 5.75 Å². The van der Waals surface area contributed by atoms with Gasteiger partial charge in [-0.05, 0) is 44.5 Å². The van der Waals surface area contributed by atoms with Crippen molar-refractivity contribution in [2.75, 3.05) is 19.0 Å². The van der Waals surface area contributed by atoms with Crippen LogP contribution in [0.4, 0.5) is 5.69 Å². The van der Waals surface area contributed by atoms with Crippen LogP contribution in [-0.2, 0) is 0 Å². The van der Waals surface area contributed by atoms with Crippen LogP contribution in [0.25, 0.3) is 0 Å². The predicted octanol–water partition coefficient (Wildman–Crippen LogP) is 2.15. The molecule has 0 spiro atoms. The molecular formula is C12H20N2O. The first kappa shape index (κ1) is 11.9. The summed E-state index contributed by atoms with van der Waals surface area (Å²) in [6.07, 6.45) is 0.955. The summed E-state index contributed by atoms with van der Waals surface area (Å²) in [5.74, 6) is 0.879. The zero-order valence-corrected chi connectivity index (χ0v) is 9.71. The maximum Gasteiger partial charge on any atom is 0.141 e. The highest BCUT2D eigenvalue weighted by Gasteiger charge is 2.06. The largest absolute Gasteiger partial charge is 0.495 e. The molecule has 0 radical (unpaired) electrons. The van der Waals surface area contributed by atoms with E-state index in [4.69, 9.17) is 10.5 Å². The van der Waals surface area contributed by atoms with Gasteiger partial charge in [-0.25, -0.2) is 0 Å². The molecule has 1 unspecified atom stereocenters. The Kier molecular flexibility index (Phi) is 4.43. The van der Waals surface area contributed by atoms with Crippen LogP contribution >= 0.6 is 0 Å². The van der Waals surface area contributed by atoms with Gasteiger partial charge in [0.15, 0.2) is 0 Å². The summed E-state index contributed by atoms with van der Waals surface area (Å²) < 4.78 is 5.29. The normalized spacial score (nSPS) is 12.3. The number of anilines is 1. The maximum atomic E-state index is 5.51. The molecule has 0 aliphatic heterocycles. The van der Waals surface area contributed by atoms with E-state index in [0.29, 0.717) is 12.6 Å². The molecule has 0 aliphatic rings. The van der Waals surface area contributed by atoms with Crippen LogP contribution in [0.15, 0.2) is 18.2 Å². The van der Waals surface area contributed by atoms with Gasteiger partial charge in [-0.3, -0.25) is 0 Å². The highest BCUT2D eigenvalue weighted by molar-refractivity contribution is 5.58. The number of methoxy groups -OCH3 is 1. The third-order valence-electron chi connectivity index (χ3n) is 2.36. The van der Waals surface area contributed by atoms with Gasteiger partial charge in [-0.1, -0.05) is 6.07 Å². The molecular weight excluding hydrogens is 188 g/mol. The van der Waals surface area contributed by atoms with Crippen molar-refractivity contribution in [3.8, 4) is 5.75 Å². The number of nitrogens with two attached hydrogens (primary N) is 1. The van der Waals surface area contributed by atoms with Crippen LogP contribution in [0, 0.1) is 6.92 Å². The lowest BCUT2D eigenvalue weighted by Crippen LogP contribution is -2.19. The molecule has 15 heavy (non-hydrogen) atoms. The average Bonchev–Trinajstić information content (AvgIpc) is 2.18. The number of ether oxygens (including phenoxy) is 1. The van der Waals surface area contributed by atoms with Gasteiger partial charge in [-0.15, -0.1) is 0 Å². The van der Waals surface area contributed by atoms with Crippen LogP contribution in [0.2, 0.25) is 0 Å². The van der Waals surface area contributed by atoms with Gasteiger partial charge in [0.1, 0.15) is 5.75 Å². The molecule has 0 amide bonds. The standard InChI is InChI=1S/C12H20N2O/c1-9-4-5-12(15-3)11(8-9)14-10(2)6-7-13/h4-5,8,10,14H,6-7,13H2,1-3H3. The Bertz CT molecular complexity index is 312. The lowest BCUT2D eigenvalue weighted by Gasteiger charge is -2.17. The van der Waals surface area contributed by atoms with Gasteiger partial charge in [0.2, 0.25) is 0 Å². The zero-order valence-electron chi connectivity index (χ0n) is 9.71. The van der Waals surface area contributed by atoms with Crippen molar-refractivity contribution in [2.24, 2.45) is 5.73 Å². The van der Waals surface area contributed by atoms with E-state index in [1.165, 1.54) is 5.56 Å². The molecule has 0 fully saturated rings. The number of hydrogen-bond acceptors (Lipinski definition) is 3. The topological polar surface area (TPSA) is 47.3 Å². The first-order valence-corrected chi connectivity index (χ1v) is 5.28. The van der Waals surface area contributed by atoms with E-state index in [-0.39, 0.29) is 0 Å². The van der Waals surface area contributed by atoms with Crippen LogP contribution in [-0.4, -0.2) is 19.7 Å². The Balaban J connectivity index is 2.77. The third-order valence-corrected chi connectivity index (χ3v) is 2.36. The van der Waals surface area contributed by atoms with Crippen LogP contribution in [0.1, 0.15) is 18.9 Å². The Morgan fingerprint density at radius 3 is 2.80 bits per heavy atom. The number of aryl methyl sites for hydroxylation is 1. The second-order valence-corrected chi connectivity index (χ2v) is 3.83. The number of nitrogens with one attached hydrogen (secondary N) is 1. The molecule has 3 heteroatoms. The summed E-state index contributed by atoms with van der Waals surface area (Å²) in [7, 11) is 1.68. The Morgan fingerprint density at radius 2 is 2.20 bits per heavy atom. The van der Waals surface area contributed by atoms with E-state index < -0.39 is 0 Å². The fourth-order valence-corrected chi connectivity index (χ4v) is 1.52.